The van der Waals surface area contributed by atoms with Crippen molar-refractivity contribution < 1.29 is 8.78 Å². The molecule has 0 saturated carbocycles. The smallest absolute Gasteiger partial charge is 0.191 e. The van der Waals surface area contributed by atoms with E-state index in [4.69, 9.17) is 0 Å². The van der Waals surface area contributed by atoms with Crippen LogP contribution in [0, 0.1) is 11.6 Å². The lowest BCUT2D eigenvalue weighted by Crippen LogP contribution is -2.39. The van der Waals surface area contributed by atoms with Gasteiger partial charge in [-0.3, -0.25) is 4.99 Å². The van der Waals surface area contributed by atoms with Crippen molar-refractivity contribution >= 4 is 5.96 Å². The number of guanidine groups is 1. The number of benzene rings is 1. The van der Waals surface area contributed by atoms with Gasteiger partial charge >= 0.3 is 0 Å². The predicted molar refractivity (Wildman–Crippen MR) is 93.4 cm³/mol. The van der Waals surface area contributed by atoms with E-state index < -0.39 is 11.6 Å². The summed E-state index contributed by atoms with van der Waals surface area (Å²) in [4.78, 5) is 4.44. The van der Waals surface area contributed by atoms with Gasteiger partial charge in [0.2, 0.25) is 0 Å². The molecule has 6 nitrogen and oxygen atoms in total. The molecule has 0 saturated heterocycles. The second-order valence-corrected chi connectivity index (χ2v) is 5.51. The molecule has 0 spiro atoms. The van der Waals surface area contributed by atoms with Gasteiger partial charge in [-0.1, -0.05) is 6.92 Å². The van der Waals surface area contributed by atoms with Crippen molar-refractivity contribution in [2.24, 2.45) is 4.99 Å². The summed E-state index contributed by atoms with van der Waals surface area (Å²) in [5.74, 6) is 0.483. The number of hydrogen-bond acceptors (Lipinski definition) is 3. The molecule has 0 bridgehead atoms. The summed E-state index contributed by atoms with van der Waals surface area (Å²) in [6.45, 7) is 6.59. The summed E-state index contributed by atoms with van der Waals surface area (Å²) in [6.07, 6.45) is 3.01. The molecule has 0 aliphatic heterocycles. The Labute approximate surface area is 146 Å². The molecule has 0 unspecified atom stereocenters. The van der Waals surface area contributed by atoms with E-state index in [0.717, 1.165) is 31.4 Å². The number of halogens is 2. The summed E-state index contributed by atoms with van der Waals surface area (Å²) in [5, 5.41) is 14.3. The maximum absolute atomic E-state index is 13.2. The molecule has 2 N–H and O–H groups in total. The molecule has 25 heavy (non-hydrogen) atoms. The van der Waals surface area contributed by atoms with Crippen molar-refractivity contribution in [3.05, 3.63) is 47.5 Å². The average Bonchev–Trinajstić information content (AvgIpc) is 3.01. The van der Waals surface area contributed by atoms with Crippen LogP contribution in [0.3, 0.4) is 0 Å². The van der Waals surface area contributed by atoms with Crippen molar-refractivity contribution in [1.29, 1.82) is 0 Å². The molecular weight excluding hydrogens is 326 g/mol. The maximum atomic E-state index is 13.2. The summed E-state index contributed by atoms with van der Waals surface area (Å²) >= 11 is 0. The van der Waals surface area contributed by atoms with Crippen molar-refractivity contribution in [1.82, 2.24) is 25.4 Å². The van der Waals surface area contributed by atoms with Gasteiger partial charge in [-0.25, -0.2) is 8.78 Å². The number of aryl methyl sites for hydroxylation is 1. The van der Waals surface area contributed by atoms with Crippen molar-refractivity contribution in [2.75, 3.05) is 19.6 Å². The van der Waals surface area contributed by atoms with Crippen molar-refractivity contribution in [2.45, 2.75) is 33.2 Å². The molecule has 1 aromatic heterocycles. The van der Waals surface area contributed by atoms with E-state index in [0.29, 0.717) is 31.0 Å². The van der Waals surface area contributed by atoms with E-state index in [1.165, 1.54) is 12.1 Å². The van der Waals surface area contributed by atoms with Crippen molar-refractivity contribution in [3.8, 4) is 0 Å². The highest BCUT2D eigenvalue weighted by Gasteiger charge is 2.03. The Morgan fingerprint density at radius 3 is 2.60 bits per heavy atom. The quantitative estimate of drug-likeness (QED) is 0.564. The van der Waals surface area contributed by atoms with Gasteiger partial charge in [0.05, 0.1) is 0 Å². The Morgan fingerprint density at radius 1 is 1.16 bits per heavy atom. The topological polar surface area (TPSA) is 67.1 Å². The summed E-state index contributed by atoms with van der Waals surface area (Å²) in [5.41, 5.74) is 0.592. The van der Waals surface area contributed by atoms with E-state index in [1.807, 2.05) is 18.4 Å². The fourth-order valence-electron chi connectivity index (χ4n) is 2.43. The molecule has 1 aromatic carbocycles. The van der Waals surface area contributed by atoms with Crippen molar-refractivity contribution in [3.63, 3.8) is 0 Å². The number of nitrogens with one attached hydrogen (secondary N) is 2. The highest BCUT2D eigenvalue weighted by Crippen LogP contribution is 2.08. The minimum atomic E-state index is -0.565. The number of aromatic nitrogens is 3. The zero-order valence-corrected chi connectivity index (χ0v) is 14.6. The molecule has 0 radical (unpaired) electrons. The number of hydrogen-bond donors (Lipinski definition) is 2. The molecule has 8 heteroatoms. The van der Waals surface area contributed by atoms with Crippen LogP contribution in [0.2, 0.25) is 0 Å². The number of aliphatic imine (C=N–C) groups is 1. The van der Waals surface area contributed by atoms with Crippen LogP contribution in [-0.2, 0) is 19.4 Å². The Balaban J connectivity index is 1.85. The lowest BCUT2D eigenvalue weighted by atomic mass is 10.1. The fraction of sp³-hybridized carbons (Fsp3) is 0.471. The highest BCUT2D eigenvalue weighted by atomic mass is 19.1. The fourth-order valence-corrected chi connectivity index (χ4v) is 2.43. The molecule has 0 amide bonds. The van der Waals surface area contributed by atoms with Crippen LogP contribution in [0.25, 0.3) is 0 Å². The normalized spacial score (nSPS) is 11.6. The number of rotatable bonds is 8. The monoisotopic (exact) mass is 350 g/mol. The minimum absolute atomic E-state index is 0.436. The Morgan fingerprint density at radius 2 is 1.92 bits per heavy atom. The molecule has 0 atom stereocenters. The van der Waals surface area contributed by atoms with Crippen LogP contribution in [0.1, 0.15) is 25.2 Å². The largest absolute Gasteiger partial charge is 0.357 e. The minimum Gasteiger partial charge on any atom is -0.357 e. The average molecular weight is 350 g/mol. The number of nitrogens with zero attached hydrogens (tertiary/aromatic N) is 4. The first-order chi connectivity index (χ1) is 12.1. The molecule has 0 fully saturated rings. The molecule has 136 valence electrons. The Hall–Kier alpha value is -2.51. The lowest BCUT2D eigenvalue weighted by molar-refractivity contribution is 0.579. The van der Waals surface area contributed by atoms with E-state index in [2.05, 4.69) is 25.8 Å². The van der Waals surface area contributed by atoms with Crippen LogP contribution in [0.15, 0.2) is 29.5 Å². The van der Waals surface area contributed by atoms with Gasteiger partial charge in [-0.05, 0) is 31.0 Å². The van der Waals surface area contributed by atoms with Gasteiger partial charge in [0.15, 0.2) is 5.96 Å². The zero-order valence-electron chi connectivity index (χ0n) is 14.6. The first kappa shape index (κ1) is 18.8. The molecule has 0 aliphatic rings. The Kier molecular flexibility index (Phi) is 7.31. The van der Waals surface area contributed by atoms with E-state index in [9.17, 15) is 8.78 Å². The van der Waals surface area contributed by atoms with E-state index >= 15 is 0 Å². The maximum Gasteiger partial charge on any atom is 0.191 e. The summed E-state index contributed by atoms with van der Waals surface area (Å²) < 4.78 is 28.4. The molecular formula is C17H24F2N6. The van der Waals surface area contributed by atoms with Crippen LogP contribution in [0.4, 0.5) is 8.78 Å². The molecule has 2 aromatic rings. The molecule has 0 aliphatic carbocycles. The second kappa shape index (κ2) is 9.71. The summed E-state index contributed by atoms with van der Waals surface area (Å²) in [7, 11) is 0. The Bertz CT molecular complexity index is 678. The van der Waals surface area contributed by atoms with Gasteiger partial charge in [-0.2, -0.15) is 0 Å². The van der Waals surface area contributed by atoms with Gasteiger partial charge in [0, 0.05) is 38.7 Å². The third kappa shape index (κ3) is 6.13. The molecule has 2 rings (SSSR count). The first-order valence-corrected chi connectivity index (χ1v) is 8.46. The van der Waals surface area contributed by atoms with E-state index in [1.54, 1.807) is 6.33 Å². The SMILES string of the molecule is CCNC(=NCCc1cc(F)cc(F)c1)NCCn1cnnc1CC. The van der Waals surface area contributed by atoms with Crippen LogP contribution < -0.4 is 10.6 Å². The zero-order chi connectivity index (χ0) is 18.1. The van der Waals surface area contributed by atoms with Crippen LogP contribution in [-0.4, -0.2) is 40.4 Å². The molecule has 1 heterocycles. The van der Waals surface area contributed by atoms with Gasteiger partial charge < -0.3 is 15.2 Å². The first-order valence-electron chi connectivity index (χ1n) is 8.46. The summed E-state index contributed by atoms with van der Waals surface area (Å²) in [6, 6.07) is 3.53. The van der Waals surface area contributed by atoms with Gasteiger partial charge in [-0.15, -0.1) is 10.2 Å². The highest BCUT2D eigenvalue weighted by molar-refractivity contribution is 5.79. The predicted octanol–water partition coefficient (Wildman–Crippen LogP) is 1.92. The lowest BCUT2D eigenvalue weighted by Gasteiger charge is -2.12. The van der Waals surface area contributed by atoms with Gasteiger partial charge in [0.1, 0.15) is 23.8 Å². The standard InChI is InChI=1S/C17H24F2N6/c1-3-16-24-23-12-25(16)8-7-22-17(20-4-2)21-6-5-13-9-14(18)11-15(19)10-13/h9-12H,3-8H2,1-2H3,(H2,20,21,22). The third-order valence-corrected chi connectivity index (χ3v) is 3.59. The third-order valence-electron chi connectivity index (χ3n) is 3.59. The van der Waals surface area contributed by atoms with E-state index in [-0.39, 0.29) is 0 Å². The second-order valence-electron chi connectivity index (χ2n) is 5.51. The van der Waals surface area contributed by atoms with Gasteiger partial charge in [0.25, 0.3) is 0 Å². The van der Waals surface area contributed by atoms with Crippen LogP contribution in [0.5, 0.6) is 0 Å². The van der Waals surface area contributed by atoms with Crippen LogP contribution >= 0.6 is 0 Å².